The van der Waals surface area contributed by atoms with Crippen molar-refractivity contribution in [3.8, 4) is 0 Å². The highest BCUT2D eigenvalue weighted by molar-refractivity contribution is 5.78. The molecule has 0 fully saturated rings. The minimum absolute atomic E-state index is 0.00906. The van der Waals surface area contributed by atoms with Gasteiger partial charge in [0.2, 0.25) is 11.8 Å². The average molecular weight is 226 g/mol. The van der Waals surface area contributed by atoms with E-state index >= 15 is 0 Å². The Morgan fingerprint density at radius 1 is 1.62 bits per heavy atom. The van der Waals surface area contributed by atoms with E-state index in [9.17, 15) is 4.79 Å². The van der Waals surface area contributed by atoms with E-state index in [0.717, 1.165) is 6.42 Å². The Hall–Kier alpha value is -1.43. The number of hydrogen-bond acceptors (Lipinski definition) is 5. The van der Waals surface area contributed by atoms with Gasteiger partial charge in [0.05, 0.1) is 0 Å². The quantitative estimate of drug-likeness (QED) is 0.713. The van der Waals surface area contributed by atoms with E-state index in [1.165, 1.54) is 0 Å². The number of nitrogens with two attached hydrogens (primary N) is 1. The number of carbonyl (C=O) groups is 1. The highest BCUT2D eigenvalue weighted by atomic mass is 16.5. The van der Waals surface area contributed by atoms with E-state index in [1.54, 1.807) is 6.92 Å². The van der Waals surface area contributed by atoms with Crippen LogP contribution in [0.25, 0.3) is 0 Å². The molecule has 0 aliphatic heterocycles. The van der Waals surface area contributed by atoms with Crippen LogP contribution in [0.1, 0.15) is 25.1 Å². The molecule has 0 radical (unpaired) electrons. The lowest BCUT2D eigenvalue weighted by Gasteiger charge is -2.11. The van der Waals surface area contributed by atoms with Gasteiger partial charge in [-0.05, 0) is 6.42 Å². The fourth-order valence-electron chi connectivity index (χ4n) is 1.34. The summed E-state index contributed by atoms with van der Waals surface area (Å²) in [5, 5.41) is 6.54. The van der Waals surface area contributed by atoms with Crippen LogP contribution in [0.3, 0.4) is 0 Å². The van der Waals surface area contributed by atoms with Gasteiger partial charge in [-0.3, -0.25) is 4.79 Å². The molecule has 0 aromatic carbocycles. The molecule has 0 aliphatic carbocycles. The molecule has 6 nitrogen and oxygen atoms in total. The number of amides is 1. The molecule has 1 atom stereocenters. The molecule has 1 aromatic rings. The van der Waals surface area contributed by atoms with Gasteiger partial charge in [-0.15, -0.1) is 0 Å². The lowest BCUT2D eigenvalue weighted by atomic mass is 10.1. The Balaban J connectivity index is 2.27. The first-order chi connectivity index (χ1) is 7.67. The van der Waals surface area contributed by atoms with Crippen molar-refractivity contribution in [3.63, 3.8) is 0 Å². The van der Waals surface area contributed by atoms with Crippen molar-refractivity contribution in [2.24, 2.45) is 11.7 Å². The molecule has 1 amide bonds. The third kappa shape index (κ3) is 3.62. The highest BCUT2D eigenvalue weighted by Gasteiger charge is 2.13. The predicted molar refractivity (Wildman–Crippen MR) is 58.6 cm³/mol. The summed E-state index contributed by atoms with van der Waals surface area (Å²) in [6.45, 7) is 4.56. The summed E-state index contributed by atoms with van der Waals surface area (Å²) < 4.78 is 4.82. The Morgan fingerprint density at radius 3 is 2.88 bits per heavy atom. The summed E-state index contributed by atoms with van der Waals surface area (Å²) in [5.41, 5.74) is 5.47. The molecule has 1 rings (SSSR count). The van der Waals surface area contributed by atoms with Crippen LogP contribution in [0.2, 0.25) is 0 Å². The lowest BCUT2D eigenvalue weighted by molar-refractivity contribution is -0.124. The van der Waals surface area contributed by atoms with Crippen molar-refractivity contribution in [1.29, 1.82) is 0 Å². The third-order valence-electron chi connectivity index (χ3n) is 2.37. The molecule has 6 heteroatoms. The number of aryl methyl sites for hydroxylation is 1. The molecule has 3 N–H and O–H groups in total. The third-order valence-corrected chi connectivity index (χ3v) is 2.37. The number of nitrogens with one attached hydrogen (secondary N) is 1. The molecular formula is C10H18N4O2. The molecular weight excluding hydrogens is 208 g/mol. The van der Waals surface area contributed by atoms with Gasteiger partial charge in [0, 0.05) is 32.4 Å². The average Bonchev–Trinajstić information content (AvgIpc) is 2.66. The van der Waals surface area contributed by atoms with Gasteiger partial charge >= 0.3 is 0 Å². The normalized spacial score (nSPS) is 12.4. The molecule has 0 saturated carbocycles. The van der Waals surface area contributed by atoms with E-state index in [-0.39, 0.29) is 11.8 Å². The Bertz CT molecular complexity index is 333. The van der Waals surface area contributed by atoms with Gasteiger partial charge in [0.15, 0.2) is 5.82 Å². The maximum absolute atomic E-state index is 11.5. The Labute approximate surface area is 94.6 Å². The Kier molecular flexibility index (Phi) is 4.91. The summed E-state index contributed by atoms with van der Waals surface area (Å²) in [7, 11) is 0. The van der Waals surface area contributed by atoms with Crippen LogP contribution in [0.15, 0.2) is 4.52 Å². The topological polar surface area (TPSA) is 94.0 Å². The maximum Gasteiger partial charge on any atom is 0.224 e. The summed E-state index contributed by atoms with van der Waals surface area (Å²) in [5.74, 6) is 1.03. The van der Waals surface area contributed by atoms with Gasteiger partial charge in [0.1, 0.15) is 0 Å². The van der Waals surface area contributed by atoms with Crippen LogP contribution in [0.5, 0.6) is 0 Å². The van der Waals surface area contributed by atoms with E-state index in [2.05, 4.69) is 15.5 Å². The number of nitrogens with zero attached hydrogens (tertiary/aromatic N) is 2. The van der Waals surface area contributed by atoms with Crippen LogP contribution in [-0.4, -0.2) is 29.1 Å². The standard InChI is InChI=1S/C10H18N4O2/c1-3-8(6-11)10(15)12-5-4-9-13-7(2)16-14-9/h8H,3-6,11H2,1-2H3,(H,12,15). The van der Waals surface area contributed by atoms with E-state index in [1.807, 2.05) is 6.92 Å². The second-order valence-electron chi connectivity index (χ2n) is 3.61. The van der Waals surface area contributed by atoms with Gasteiger partial charge in [-0.2, -0.15) is 4.98 Å². The number of aromatic nitrogens is 2. The van der Waals surface area contributed by atoms with Crippen molar-refractivity contribution >= 4 is 5.91 Å². The molecule has 90 valence electrons. The molecule has 16 heavy (non-hydrogen) atoms. The van der Waals surface area contributed by atoms with Gasteiger partial charge in [-0.25, -0.2) is 0 Å². The number of carbonyl (C=O) groups excluding carboxylic acids is 1. The minimum Gasteiger partial charge on any atom is -0.355 e. The fourth-order valence-corrected chi connectivity index (χ4v) is 1.34. The second kappa shape index (κ2) is 6.22. The monoisotopic (exact) mass is 226 g/mol. The molecule has 0 saturated heterocycles. The molecule has 0 bridgehead atoms. The minimum atomic E-state index is -0.105. The summed E-state index contributed by atoms with van der Waals surface area (Å²) in [6, 6.07) is 0. The fraction of sp³-hybridized carbons (Fsp3) is 0.700. The molecule has 1 aromatic heterocycles. The Morgan fingerprint density at radius 2 is 2.38 bits per heavy atom. The SMILES string of the molecule is CCC(CN)C(=O)NCCc1noc(C)n1. The number of hydrogen-bond donors (Lipinski definition) is 2. The zero-order chi connectivity index (χ0) is 12.0. The first kappa shape index (κ1) is 12.6. The van der Waals surface area contributed by atoms with Gasteiger partial charge < -0.3 is 15.6 Å². The van der Waals surface area contributed by atoms with Crippen molar-refractivity contribution in [2.75, 3.05) is 13.1 Å². The van der Waals surface area contributed by atoms with E-state index in [0.29, 0.717) is 31.2 Å². The molecule has 1 unspecified atom stereocenters. The van der Waals surface area contributed by atoms with E-state index in [4.69, 9.17) is 10.3 Å². The summed E-state index contributed by atoms with van der Waals surface area (Å²) in [6.07, 6.45) is 1.33. The lowest BCUT2D eigenvalue weighted by Crippen LogP contribution is -2.35. The van der Waals surface area contributed by atoms with Crippen LogP contribution < -0.4 is 11.1 Å². The highest BCUT2D eigenvalue weighted by Crippen LogP contribution is 2.00. The molecule has 0 aliphatic rings. The first-order valence-corrected chi connectivity index (χ1v) is 5.44. The van der Waals surface area contributed by atoms with Crippen LogP contribution in [0, 0.1) is 12.8 Å². The zero-order valence-corrected chi connectivity index (χ0v) is 9.69. The zero-order valence-electron chi connectivity index (χ0n) is 9.69. The van der Waals surface area contributed by atoms with Crippen molar-refractivity contribution in [1.82, 2.24) is 15.5 Å². The second-order valence-corrected chi connectivity index (χ2v) is 3.61. The predicted octanol–water partition coefficient (Wildman–Crippen LogP) is 0.0216. The van der Waals surface area contributed by atoms with Gasteiger partial charge in [0.25, 0.3) is 0 Å². The maximum atomic E-state index is 11.5. The smallest absolute Gasteiger partial charge is 0.224 e. The summed E-state index contributed by atoms with van der Waals surface area (Å²) in [4.78, 5) is 15.6. The van der Waals surface area contributed by atoms with Crippen molar-refractivity contribution in [3.05, 3.63) is 11.7 Å². The largest absolute Gasteiger partial charge is 0.355 e. The van der Waals surface area contributed by atoms with E-state index < -0.39 is 0 Å². The number of rotatable bonds is 6. The van der Waals surface area contributed by atoms with Crippen LogP contribution >= 0.6 is 0 Å². The van der Waals surface area contributed by atoms with Crippen LogP contribution in [0.4, 0.5) is 0 Å². The van der Waals surface area contributed by atoms with Gasteiger partial charge in [-0.1, -0.05) is 12.1 Å². The van der Waals surface area contributed by atoms with Crippen molar-refractivity contribution in [2.45, 2.75) is 26.7 Å². The molecule has 1 heterocycles. The van der Waals surface area contributed by atoms with Crippen molar-refractivity contribution < 1.29 is 9.32 Å². The van der Waals surface area contributed by atoms with Crippen LogP contribution in [-0.2, 0) is 11.2 Å². The molecule has 0 spiro atoms. The summed E-state index contributed by atoms with van der Waals surface area (Å²) >= 11 is 0. The first-order valence-electron chi connectivity index (χ1n) is 5.44.